The van der Waals surface area contributed by atoms with E-state index in [9.17, 15) is 0 Å². The van der Waals surface area contributed by atoms with Crippen molar-refractivity contribution in [3.05, 3.63) is 33.3 Å². The molecule has 0 radical (unpaired) electrons. The summed E-state index contributed by atoms with van der Waals surface area (Å²) in [5, 5.41) is 1.42. The van der Waals surface area contributed by atoms with Crippen molar-refractivity contribution in [2.45, 2.75) is 8.86 Å². The van der Waals surface area contributed by atoms with Gasteiger partial charge in [0.2, 0.25) is 0 Å². The fourth-order valence-electron chi connectivity index (χ4n) is 0.836. The van der Waals surface area contributed by atoms with Crippen LogP contribution in [0.3, 0.4) is 0 Å². The molecular weight excluding hydrogens is 421 g/mol. The molecular formula is C8H6Cl2I2. The molecule has 0 aliphatic carbocycles. The Morgan fingerprint density at radius 3 is 1.50 bits per heavy atom. The van der Waals surface area contributed by atoms with Crippen molar-refractivity contribution in [3.63, 3.8) is 0 Å². The summed E-state index contributed by atoms with van der Waals surface area (Å²) in [6.07, 6.45) is 0. The van der Waals surface area contributed by atoms with Crippen molar-refractivity contribution < 1.29 is 0 Å². The van der Waals surface area contributed by atoms with Crippen LogP contribution >= 0.6 is 68.4 Å². The van der Waals surface area contributed by atoms with E-state index in [1.54, 1.807) is 0 Å². The Kier molecular flexibility index (Phi) is 4.93. The summed E-state index contributed by atoms with van der Waals surface area (Å²) in [6, 6.07) is 4.07. The molecule has 4 heteroatoms. The standard InChI is InChI=1S/C8H6Cl2I2/c9-7-5(3-11)1-2-6(4-12)8(7)10/h1-2H,3-4H2. The topological polar surface area (TPSA) is 0 Å². The minimum Gasteiger partial charge on any atom is -0.0824 e. The fraction of sp³-hybridized carbons (Fsp3) is 0.250. The van der Waals surface area contributed by atoms with Crippen LogP contribution in [0.1, 0.15) is 11.1 Å². The number of halogens is 4. The van der Waals surface area contributed by atoms with Gasteiger partial charge in [-0.25, -0.2) is 0 Å². The van der Waals surface area contributed by atoms with Gasteiger partial charge in [0.1, 0.15) is 0 Å². The molecule has 1 aromatic rings. The molecule has 1 rings (SSSR count). The van der Waals surface area contributed by atoms with Gasteiger partial charge in [0.15, 0.2) is 0 Å². The Hall–Kier alpha value is 1.26. The zero-order chi connectivity index (χ0) is 9.14. The number of hydrogen-bond acceptors (Lipinski definition) is 0. The second-order valence-corrected chi connectivity index (χ2v) is 4.56. The molecule has 0 saturated carbocycles. The minimum absolute atomic E-state index is 0.709. The summed E-state index contributed by atoms with van der Waals surface area (Å²) in [4.78, 5) is 0. The lowest BCUT2D eigenvalue weighted by molar-refractivity contribution is 1.38. The first-order chi connectivity index (χ1) is 5.70. The van der Waals surface area contributed by atoms with E-state index >= 15 is 0 Å². The third-order valence-electron chi connectivity index (χ3n) is 1.53. The van der Waals surface area contributed by atoms with Crippen molar-refractivity contribution in [3.8, 4) is 0 Å². The maximum atomic E-state index is 6.04. The molecule has 0 heterocycles. The predicted octanol–water partition coefficient (Wildman–Crippen LogP) is 4.86. The van der Waals surface area contributed by atoms with E-state index in [1.807, 2.05) is 12.1 Å². The average molecular weight is 427 g/mol. The summed E-state index contributed by atoms with van der Waals surface area (Å²) in [6.45, 7) is 0. The quantitative estimate of drug-likeness (QED) is 0.468. The van der Waals surface area contributed by atoms with Gasteiger partial charge in [-0.15, -0.1) is 0 Å². The Morgan fingerprint density at radius 2 is 1.25 bits per heavy atom. The molecule has 0 amide bonds. The van der Waals surface area contributed by atoms with Gasteiger partial charge in [-0.3, -0.25) is 0 Å². The Morgan fingerprint density at radius 1 is 0.917 bits per heavy atom. The van der Waals surface area contributed by atoms with E-state index < -0.39 is 0 Å². The van der Waals surface area contributed by atoms with Crippen molar-refractivity contribution in [2.24, 2.45) is 0 Å². The second-order valence-electron chi connectivity index (χ2n) is 2.28. The van der Waals surface area contributed by atoms with Crippen LogP contribution in [-0.4, -0.2) is 0 Å². The highest BCUT2D eigenvalue weighted by Gasteiger charge is 2.07. The van der Waals surface area contributed by atoms with Crippen LogP contribution in [0.2, 0.25) is 10.0 Å². The maximum absolute atomic E-state index is 6.04. The molecule has 0 fully saturated rings. The fourth-order valence-corrected chi connectivity index (χ4v) is 3.06. The second kappa shape index (κ2) is 5.22. The summed E-state index contributed by atoms with van der Waals surface area (Å²) < 4.78 is 1.80. The van der Waals surface area contributed by atoms with Gasteiger partial charge in [-0.05, 0) is 11.1 Å². The molecule has 0 atom stereocenters. The van der Waals surface area contributed by atoms with Crippen LogP contribution in [0, 0.1) is 0 Å². The van der Waals surface area contributed by atoms with Crippen LogP contribution in [0.4, 0.5) is 0 Å². The van der Waals surface area contributed by atoms with Crippen molar-refractivity contribution in [1.82, 2.24) is 0 Å². The third-order valence-corrected chi connectivity index (χ3v) is 4.13. The van der Waals surface area contributed by atoms with Crippen LogP contribution in [0.5, 0.6) is 0 Å². The van der Waals surface area contributed by atoms with Crippen LogP contribution in [0.25, 0.3) is 0 Å². The van der Waals surface area contributed by atoms with Crippen molar-refractivity contribution in [2.75, 3.05) is 0 Å². The van der Waals surface area contributed by atoms with E-state index in [0.29, 0.717) is 10.0 Å². The lowest BCUT2D eigenvalue weighted by atomic mass is 10.2. The SMILES string of the molecule is Clc1c(CI)ccc(CI)c1Cl. The Balaban J connectivity index is 3.20. The smallest absolute Gasteiger partial charge is 0.0635 e. The lowest BCUT2D eigenvalue weighted by Gasteiger charge is -2.05. The van der Waals surface area contributed by atoms with Crippen LogP contribution in [0.15, 0.2) is 12.1 Å². The number of hydrogen-bond donors (Lipinski definition) is 0. The molecule has 0 N–H and O–H groups in total. The monoisotopic (exact) mass is 426 g/mol. The molecule has 0 unspecified atom stereocenters. The van der Waals surface area contributed by atoms with E-state index in [2.05, 4.69) is 45.2 Å². The summed E-state index contributed by atoms with van der Waals surface area (Å²) in [7, 11) is 0. The van der Waals surface area contributed by atoms with E-state index in [4.69, 9.17) is 23.2 Å². The molecule has 0 bridgehead atoms. The Labute approximate surface area is 109 Å². The number of benzene rings is 1. The van der Waals surface area contributed by atoms with Gasteiger partial charge in [0, 0.05) is 8.86 Å². The first-order valence-corrected chi connectivity index (χ1v) is 7.09. The lowest BCUT2D eigenvalue weighted by Crippen LogP contribution is -1.86. The molecule has 66 valence electrons. The maximum Gasteiger partial charge on any atom is 0.0635 e. The largest absolute Gasteiger partial charge is 0.0824 e. The molecule has 0 aliphatic rings. The highest BCUT2D eigenvalue weighted by Crippen LogP contribution is 2.31. The molecule has 0 nitrogen and oxygen atoms in total. The average Bonchev–Trinajstić information content (AvgIpc) is 2.10. The zero-order valence-corrected chi connectivity index (χ0v) is 11.9. The van der Waals surface area contributed by atoms with Gasteiger partial charge in [-0.1, -0.05) is 80.5 Å². The molecule has 0 aliphatic heterocycles. The summed E-state index contributed by atoms with van der Waals surface area (Å²) in [5.74, 6) is 0. The third kappa shape index (κ3) is 2.39. The van der Waals surface area contributed by atoms with Crippen LogP contribution < -0.4 is 0 Å². The normalized spacial score (nSPS) is 10.3. The molecule has 0 spiro atoms. The number of alkyl halides is 2. The van der Waals surface area contributed by atoms with Crippen LogP contribution in [-0.2, 0) is 8.86 Å². The van der Waals surface area contributed by atoms with Crippen molar-refractivity contribution in [1.29, 1.82) is 0 Å². The summed E-state index contributed by atoms with van der Waals surface area (Å²) >= 11 is 16.6. The predicted molar refractivity (Wildman–Crippen MR) is 71.9 cm³/mol. The van der Waals surface area contributed by atoms with E-state index in [0.717, 1.165) is 20.0 Å². The minimum atomic E-state index is 0.709. The Bertz CT molecular complexity index is 258. The first-order valence-electron chi connectivity index (χ1n) is 3.28. The van der Waals surface area contributed by atoms with Gasteiger partial charge >= 0.3 is 0 Å². The van der Waals surface area contributed by atoms with E-state index in [-0.39, 0.29) is 0 Å². The van der Waals surface area contributed by atoms with E-state index in [1.165, 1.54) is 0 Å². The van der Waals surface area contributed by atoms with Gasteiger partial charge < -0.3 is 0 Å². The number of rotatable bonds is 2. The summed E-state index contributed by atoms with van der Waals surface area (Å²) in [5.41, 5.74) is 2.21. The molecule has 0 aromatic heterocycles. The van der Waals surface area contributed by atoms with Gasteiger partial charge in [0.25, 0.3) is 0 Å². The van der Waals surface area contributed by atoms with Crippen molar-refractivity contribution >= 4 is 68.4 Å². The first kappa shape index (κ1) is 11.3. The zero-order valence-electron chi connectivity index (χ0n) is 6.08. The highest BCUT2D eigenvalue weighted by atomic mass is 127. The van der Waals surface area contributed by atoms with Gasteiger partial charge in [0.05, 0.1) is 10.0 Å². The molecule has 12 heavy (non-hydrogen) atoms. The molecule has 1 aromatic carbocycles. The highest BCUT2D eigenvalue weighted by molar-refractivity contribution is 14.1. The van der Waals surface area contributed by atoms with Gasteiger partial charge in [-0.2, -0.15) is 0 Å². The molecule has 0 saturated heterocycles.